The van der Waals surface area contributed by atoms with E-state index in [4.69, 9.17) is 0 Å². The van der Waals surface area contributed by atoms with Crippen LogP contribution in [0.15, 0.2) is 29.2 Å². The second-order valence-electron chi connectivity index (χ2n) is 3.49. The van der Waals surface area contributed by atoms with Crippen molar-refractivity contribution in [1.29, 1.82) is 0 Å². The normalized spacial score (nSPS) is 13.3. The quantitative estimate of drug-likeness (QED) is 0.829. The van der Waals surface area contributed by atoms with Crippen LogP contribution < -0.4 is 0 Å². The molecule has 0 saturated heterocycles. The highest BCUT2D eigenvalue weighted by molar-refractivity contribution is 7.85. The van der Waals surface area contributed by atoms with Crippen LogP contribution in [0.1, 0.15) is 5.56 Å². The van der Waals surface area contributed by atoms with Gasteiger partial charge in [-0.3, -0.25) is 9.00 Å². The Morgan fingerprint density at radius 3 is 2.61 bits per heavy atom. The molecule has 0 aliphatic carbocycles. The first-order valence-corrected chi connectivity index (χ1v) is 6.22. The summed E-state index contributed by atoms with van der Waals surface area (Å²) in [5.74, 6) is -0.775. The average Bonchev–Trinajstić information content (AvgIpc) is 2.28. The number of rotatable bonds is 5. The summed E-state index contributed by atoms with van der Waals surface area (Å²) in [6.07, 6.45) is -4.49. The molecular weight excluding hydrogens is 269 g/mol. The zero-order valence-corrected chi connectivity index (χ0v) is 10.3. The molecule has 0 aromatic heterocycles. The van der Waals surface area contributed by atoms with Gasteiger partial charge in [-0.25, -0.2) is 0 Å². The summed E-state index contributed by atoms with van der Waals surface area (Å²) in [6, 6.07) is 4.14. The van der Waals surface area contributed by atoms with Gasteiger partial charge in [-0.05, 0) is 18.2 Å². The van der Waals surface area contributed by atoms with Crippen LogP contribution in [0.2, 0.25) is 0 Å². The van der Waals surface area contributed by atoms with Crippen molar-refractivity contribution in [3.05, 3.63) is 29.8 Å². The molecule has 7 heteroatoms. The lowest BCUT2D eigenvalue weighted by atomic mass is 10.2. The van der Waals surface area contributed by atoms with E-state index in [-0.39, 0.29) is 17.3 Å². The summed E-state index contributed by atoms with van der Waals surface area (Å²) in [4.78, 5) is 11.1. The van der Waals surface area contributed by atoms with Gasteiger partial charge in [0, 0.05) is 12.0 Å². The largest absolute Gasteiger partial charge is 0.416 e. The third-order valence-electron chi connectivity index (χ3n) is 2.02. The number of Topliss-reactive ketones (excluding diaryl/α,β-unsaturated/α-hetero) is 1. The van der Waals surface area contributed by atoms with Gasteiger partial charge in [-0.1, -0.05) is 6.07 Å². The van der Waals surface area contributed by atoms with E-state index in [2.05, 4.69) is 4.74 Å². The lowest BCUT2D eigenvalue weighted by molar-refractivity contribution is -0.137. The van der Waals surface area contributed by atoms with Gasteiger partial charge in [-0.2, -0.15) is 13.2 Å². The molecule has 0 aliphatic heterocycles. The molecule has 3 nitrogen and oxygen atoms in total. The Kier molecular flexibility index (Phi) is 5.03. The number of alkyl halides is 3. The van der Waals surface area contributed by atoms with Crippen LogP contribution in [0.5, 0.6) is 0 Å². The van der Waals surface area contributed by atoms with Crippen LogP contribution in [0, 0.1) is 0 Å². The second-order valence-corrected chi connectivity index (χ2v) is 4.94. The molecule has 18 heavy (non-hydrogen) atoms. The predicted molar refractivity (Wildman–Crippen MR) is 59.6 cm³/mol. The van der Waals surface area contributed by atoms with Crippen molar-refractivity contribution in [3.63, 3.8) is 0 Å². The zero-order valence-electron chi connectivity index (χ0n) is 9.49. The van der Waals surface area contributed by atoms with Crippen LogP contribution in [0.25, 0.3) is 0 Å². The number of hydrogen-bond acceptors (Lipinski definition) is 3. The zero-order chi connectivity index (χ0) is 13.8. The fraction of sp³-hybridized carbons (Fsp3) is 0.364. The van der Waals surface area contributed by atoms with E-state index >= 15 is 0 Å². The maximum atomic E-state index is 12.4. The Morgan fingerprint density at radius 1 is 1.39 bits per heavy atom. The topological polar surface area (TPSA) is 43.4 Å². The van der Waals surface area contributed by atoms with Gasteiger partial charge in [0.2, 0.25) is 0 Å². The van der Waals surface area contributed by atoms with E-state index < -0.39 is 28.3 Å². The average molecular weight is 280 g/mol. The molecule has 0 N–H and O–H groups in total. The Morgan fingerprint density at radius 2 is 2.06 bits per heavy atom. The minimum atomic E-state index is -4.49. The number of hydrogen-bond donors (Lipinski definition) is 0. The number of halogens is 3. The molecule has 1 aromatic rings. The van der Waals surface area contributed by atoms with Crippen LogP contribution in [0.3, 0.4) is 0 Å². The van der Waals surface area contributed by atoms with Gasteiger partial charge in [0.05, 0.1) is 22.1 Å². The van der Waals surface area contributed by atoms with Crippen molar-refractivity contribution in [2.75, 3.05) is 19.5 Å². The predicted octanol–water partition coefficient (Wildman–Crippen LogP) is 2.03. The van der Waals surface area contributed by atoms with E-state index in [1.54, 1.807) is 0 Å². The molecule has 0 bridgehead atoms. The first-order chi connectivity index (χ1) is 8.34. The molecule has 0 aliphatic rings. The smallest absolute Gasteiger partial charge is 0.377 e. The molecule has 0 saturated carbocycles. The van der Waals surface area contributed by atoms with Gasteiger partial charge >= 0.3 is 6.18 Å². The summed E-state index contributed by atoms with van der Waals surface area (Å²) >= 11 is 0. The van der Waals surface area contributed by atoms with Gasteiger partial charge < -0.3 is 4.74 Å². The molecule has 0 heterocycles. The molecule has 0 spiro atoms. The molecule has 1 rings (SSSR count). The number of ether oxygens (including phenoxy) is 1. The van der Waals surface area contributed by atoms with E-state index in [1.165, 1.54) is 13.2 Å². The van der Waals surface area contributed by atoms with Crippen LogP contribution >= 0.6 is 0 Å². The number of ketones is 1. The summed E-state index contributed by atoms with van der Waals surface area (Å²) in [7, 11) is -0.479. The lowest BCUT2D eigenvalue weighted by Gasteiger charge is -2.08. The van der Waals surface area contributed by atoms with E-state index in [1.807, 2.05) is 0 Å². The molecular formula is C11H11F3O3S. The Labute approximate surface area is 104 Å². The summed E-state index contributed by atoms with van der Waals surface area (Å²) in [5.41, 5.74) is -0.882. The van der Waals surface area contributed by atoms with Crippen molar-refractivity contribution in [1.82, 2.24) is 0 Å². The molecule has 1 unspecified atom stereocenters. The second kappa shape index (κ2) is 6.10. The summed E-state index contributed by atoms with van der Waals surface area (Å²) < 4.78 is 53.5. The monoisotopic (exact) mass is 280 g/mol. The molecule has 0 radical (unpaired) electrons. The number of carbonyl (C=O) groups excluding carboxylic acids is 1. The highest BCUT2D eigenvalue weighted by Gasteiger charge is 2.30. The van der Waals surface area contributed by atoms with Gasteiger partial charge in [0.1, 0.15) is 6.61 Å². The molecule has 0 fully saturated rings. The standard InChI is InChI=1S/C11H11F3O3S/c1-17-6-9(15)7-18(16)10-4-2-3-8(5-10)11(12,13)14/h2-5H,6-7H2,1H3. The van der Waals surface area contributed by atoms with Gasteiger partial charge in [-0.15, -0.1) is 0 Å². The number of benzene rings is 1. The third-order valence-corrected chi connectivity index (χ3v) is 3.39. The fourth-order valence-corrected chi connectivity index (χ4v) is 2.28. The highest BCUT2D eigenvalue weighted by atomic mass is 32.2. The van der Waals surface area contributed by atoms with Crippen molar-refractivity contribution in [3.8, 4) is 0 Å². The maximum Gasteiger partial charge on any atom is 0.416 e. The van der Waals surface area contributed by atoms with Crippen LogP contribution in [0.4, 0.5) is 13.2 Å². The number of methoxy groups -OCH3 is 1. The third kappa shape index (κ3) is 4.23. The molecule has 0 amide bonds. The Balaban J connectivity index is 2.84. The SMILES string of the molecule is COCC(=O)CS(=O)c1cccc(C(F)(F)F)c1. The van der Waals surface area contributed by atoms with Gasteiger partial charge in [0.15, 0.2) is 5.78 Å². The fourth-order valence-electron chi connectivity index (χ4n) is 1.25. The van der Waals surface area contributed by atoms with Crippen molar-refractivity contribution < 1.29 is 26.9 Å². The Bertz CT molecular complexity index is 457. The first-order valence-electron chi connectivity index (χ1n) is 4.91. The Hall–Kier alpha value is -1.21. The van der Waals surface area contributed by atoms with Crippen molar-refractivity contribution in [2.24, 2.45) is 0 Å². The highest BCUT2D eigenvalue weighted by Crippen LogP contribution is 2.30. The minimum Gasteiger partial charge on any atom is -0.377 e. The minimum absolute atomic E-state index is 0.0192. The lowest BCUT2D eigenvalue weighted by Crippen LogP contribution is -2.16. The maximum absolute atomic E-state index is 12.4. The van der Waals surface area contributed by atoms with Crippen molar-refractivity contribution in [2.45, 2.75) is 11.1 Å². The first kappa shape index (κ1) is 14.8. The van der Waals surface area contributed by atoms with Gasteiger partial charge in [0.25, 0.3) is 0 Å². The van der Waals surface area contributed by atoms with E-state index in [9.17, 15) is 22.2 Å². The van der Waals surface area contributed by atoms with Crippen LogP contribution in [-0.2, 0) is 26.5 Å². The molecule has 100 valence electrons. The molecule has 1 atom stereocenters. The number of carbonyl (C=O) groups is 1. The molecule has 1 aromatic carbocycles. The van der Waals surface area contributed by atoms with Crippen molar-refractivity contribution >= 4 is 16.6 Å². The van der Waals surface area contributed by atoms with Crippen LogP contribution in [-0.4, -0.2) is 29.5 Å². The summed E-state index contributed by atoms with van der Waals surface area (Å²) in [5, 5.41) is 0. The van der Waals surface area contributed by atoms with E-state index in [0.717, 1.165) is 18.2 Å². The van der Waals surface area contributed by atoms with E-state index in [0.29, 0.717) is 0 Å². The summed E-state index contributed by atoms with van der Waals surface area (Å²) in [6.45, 7) is -0.204.